The maximum Gasteiger partial charge on any atom is 0.311 e. The maximum atomic E-state index is 14.4. The molecule has 0 unspecified atom stereocenters. The van der Waals surface area contributed by atoms with E-state index in [1.807, 2.05) is 0 Å². The topological polar surface area (TPSA) is 75.6 Å². The Hall–Kier alpha value is -1.95. The highest BCUT2D eigenvalue weighted by Gasteiger charge is 2.46. The fraction of sp³-hybridized carbons (Fsp3) is 0.579. The smallest absolute Gasteiger partial charge is 0.311 e. The van der Waals surface area contributed by atoms with Gasteiger partial charge in [-0.25, -0.2) is 4.39 Å². The number of carbonyl (C=O) groups is 2. The van der Waals surface area contributed by atoms with Crippen molar-refractivity contribution in [2.24, 2.45) is 5.41 Å². The van der Waals surface area contributed by atoms with Crippen molar-refractivity contribution in [1.29, 1.82) is 0 Å². The molecule has 1 saturated carbocycles. The molecular weight excluding hydrogens is 325 g/mol. The fourth-order valence-electron chi connectivity index (χ4n) is 4.09. The highest BCUT2D eigenvalue weighted by atomic mass is 19.1. The predicted octanol–water partition coefficient (Wildman–Crippen LogP) is 2.64. The summed E-state index contributed by atoms with van der Waals surface area (Å²) in [4.78, 5) is 24.8. The van der Waals surface area contributed by atoms with E-state index >= 15 is 0 Å². The summed E-state index contributed by atoms with van der Waals surface area (Å²) < 4.78 is 19.6. The number of rotatable bonds is 5. The van der Waals surface area contributed by atoms with Gasteiger partial charge in [-0.2, -0.15) is 0 Å². The summed E-state index contributed by atoms with van der Waals surface area (Å²) in [6.45, 7) is 0.808. The summed E-state index contributed by atoms with van der Waals surface area (Å²) >= 11 is 0. The molecule has 2 N–H and O–H groups in total. The van der Waals surface area contributed by atoms with Crippen molar-refractivity contribution in [2.75, 3.05) is 19.8 Å². The van der Waals surface area contributed by atoms with Crippen LogP contribution in [0.3, 0.4) is 0 Å². The van der Waals surface area contributed by atoms with Crippen LogP contribution in [0, 0.1) is 11.2 Å². The Morgan fingerprint density at radius 3 is 2.36 bits per heavy atom. The predicted molar refractivity (Wildman–Crippen MR) is 89.7 cm³/mol. The summed E-state index contributed by atoms with van der Waals surface area (Å²) in [5.74, 6) is -1.55. The maximum absolute atomic E-state index is 14.4. The number of carboxylic acids is 1. The van der Waals surface area contributed by atoms with Gasteiger partial charge in [-0.05, 0) is 31.7 Å². The van der Waals surface area contributed by atoms with Gasteiger partial charge in [0.25, 0.3) is 0 Å². The lowest BCUT2D eigenvalue weighted by Gasteiger charge is -2.35. The summed E-state index contributed by atoms with van der Waals surface area (Å²) in [5, 5.41) is 12.5. The van der Waals surface area contributed by atoms with Gasteiger partial charge in [-0.15, -0.1) is 0 Å². The van der Waals surface area contributed by atoms with Crippen molar-refractivity contribution < 1.29 is 23.8 Å². The Bertz CT molecular complexity index is 649. The third kappa shape index (κ3) is 3.27. The molecule has 0 bridgehead atoms. The van der Waals surface area contributed by atoms with Gasteiger partial charge in [0.05, 0.1) is 10.8 Å². The normalized spacial score (nSPS) is 21.6. The van der Waals surface area contributed by atoms with Gasteiger partial charge >= 0.3 is 5.97 Å². The highest BCUT2D eigenvalue weighted by Crippen LogP contribution is 2.42. The first-order chi connectivity index (χ1) is 12.0. The van der Waals surface area contributed by atoms with E-state index in [-0.39, 0.29) is 18.3 Å². The quantitative estimate of drug-likeness (QED) is 0.857. The molecule has 3 rings (SSSR count). The van der Waals surface area contributed by atoms with E-state index in [2.05, 4.69) is 5.32 Å². The molecule has 136 valence electrons. The van der Waals surface area contributed by atoms with Crippen LogP contribution in [0.2, 0.25) is 0 Å². The standard InChI is InChI=1S/C19H24FNO4/c20-15-6-2-1-5-14(15)19(7-3-4-8-19)16(22)21-13-18(17(23)24)9-11-25-12-10-18/h1-2,5-6H,3-4,7-13H2,(H,21,22)(H,23,24). The lowest BCUT2D eigenvalue weighted by molar-refractivity contribution is -0.154. The van der Waals surface area contributed by atoms with Gasteiger partial charge in [0.15, 0.2) is 0 Å². The molecule has 5 nitrogen and oxygen atoms in total. The Morgan fingerprint density at radius 2 is 1.76 bits per heavy atom. The van der Waals surface area contributed by atoms with Crippen LogP contribution in [0.25, 0.3) is 0 Å². The Labute approximate surface area is 146 Å². The molecule has 1 aromatic carbocycles. The molecule has 0 spiro atoms. The number of nitrogens with one attached hydrogen (secondary N) is 1. The first-order valence-electron chi connectivity index (χ1n) is 8.85. The van der Waals surface area contributed by atoms with Crippen LogP contribution in [0.4, 0.5) is 4.39 Å². The highest BCUT2D eigenvalue weighted by molar-refractivity contribution is 5.89. The average Bonchev–Trinajstić information content (AvgIpc) is 3.11. The van der Waals surface area contributed by atoms with Gasteiger partial charge in [-0.3, -0.25) is 9.59 Å². The lowest BCUT2D eigenvalue weighted by atomic mass is 9.76. The van der Waals surface area contributed by atoms with E-state index in [1.165, 1.54) is 6.07 Å². The first-order valence-corrected chi connectivity index (χ1v) is 8.85. The van der Waals surface area contributed by atoms with Crippen molar-refractivity contribution in [3.05, 3.63) is 35.6 Å². The van der Waals surface area contributed by atoms with E-state index in [0.717, 1.165) is 12.8 Å². The number of hydrogen-bond donors (Lipinski definition) is 2. The van der Waals surface area contributed by atoms with E-state index in [0.29, 0.717) is 44.5 Å². The first kappa shape index (κ1) is 17.9. The molecule has 0 aromatic heterocycles. The number of hydrogen-bond acceptors (Lipinski definition) is 3. The molecule has 1 aromatic rings. The Kier molecular flexibility index (Phi) is 5.08. The van der Waals surface area contributed by atoms with Gasteiger partial charge < -0.3 is 15.2 Å². The zero-order chi connectivity index (χ0) is 17.9. The zero-order valence-electron chi connectivity index (χ0n) is 14.2. The third-order valence-corrected chi connectivity index (χ3v) is 5.77. The van der Waals surface area contributed by atoms with E-state index in [1.54, 1.807) is 18.2 Å². The minimum Gasteiger partial charge on any atom is -0.481 e. The molecule has 1 amide bonds. The molecule has 1 aliphatic heterocycles. The second-order valence-electron chi connectivity index (χ2n) is 7.15. The third-order valence-electron chi connectivity index (χ3n) is 5.77. The molecule has 1 saturated heterocycles. The minimum atomic E-state index is -0.997. The summed E-state index contributed by atoms with van der Waals surface area (Å²) in [6, 6.07) is 6.39. The van der Waals surface area contributed by atoms with Gasteiger partial charge in [0.2, 0.25) is 5.91 Å². The minimum absolute atomic E-state index is 0.0563. The summed E-state index contributed by atoms with van der Waals surface area (Å²) in [5.41, 5.74) is -1.47. The van der Waals surface area contributed by atoms with Crippen LogP contribution in [-0.4, -0.2) is 36.7 Å². The monoisotopic (exact) mass is 349 g/mol. The summed E-state index contributed by atoms with van der Waals surface area (Å²) in [6.07, 6.45) is 3.63. The molecule has 6 heteroatoms. The van der Waals surface area contributed by atoms with Crippen LogP contribution in [0.15, 0.2) is 24.3 Å². The Morgan fingerprint density at radius 1 is 1.12 bits per heavy atom. The van der Waals surface area contributed by atoms with Crippen molar-refractivity contribution in [2.45, 2.75) is 43.9 Å². The van der Waals surface area contributed by atoms with Crippen LogP contribution in [0.1, 0.15) is 44.1 Å². The number of halogens is 1. The molecular formula is C19H24FNO4. The number of carbonyl (C=O) groups excluding carboxylic acids is 1. The lowest BCUT2D eigenvalue weighted by Crippen LogP contribution is -2.51. The molecule has 1 heterocycles. The van der Waals surface area contributed by atoms with Gasteiger partial charge in [0, 0.05) is 25.3 Å². The number of amides is 1. The second-order valence-corrected chi connectivity index (χ2v) is 7.15. The Balaban J connectivity index is 1.80. The molecule has 25 heavy (non-hydrogen) atoms. The van der Waals surface area contributed by atoms with Crippen molar-refractivity contribution in [3.8, 4) is 0 Å². The van der Waals surface area contributed by atoms with Crippen molar-refractivity contribution >= 4 is 11.9 Å². The van der Waals surface area contributed by atoms with E-state index < -0.39 is 16.8 Å². The number of aliphatic carboxylic acids is 1. The molecule has 0 atom stereocenters. The number of carboxylic acid groups (broad SMARTS) is 1. The number of benzene rings is 1. The van der Waals surface area contributed by atoms with Gasteiger partial charge in [-0.1, -0.05) is 31.0 Å². The molecule has 2 aliphatic rings. The largest absolute Gasteiger partial charge is 0.481 e. The van der Waals surface area contributed by atoms with Crippen LogP contribution in [-0.2, 0) is 19.7 Å². The van der Waals surface area contributed by atoms with E-state index in [4.69, 9.17) is 4.74 Å². The summed E-state index contributed by atoms with van der Waals surface area (Å²) in [7, 11) is 0. The molecule has 0 radical (unpaired) electrons. The van der Waals surface area contributed by atoms with Gasteiger partial charge in [0.1, 0.15) is 5.82 Å². The molecule has 1 aliphatic carbocycles. The fourth-order valence-corrected chi connectivity index (χ4v) is 4.09. The molecule has 2 fully saturated rings. The SMILES string of the molecule is O=C(O)C1(CNC(=O)C2(c3ccccc3F)CCCC2)CCOCC1. The van der Waals surface area contributed by atoms with Crippen LogP contribution < -0.4 is 5.32 Å². The average molecular weight is 349 g/mol. The second kappa shape index (κ2) is 7.12. The van der Waals surface area contributed by atoms with Crippen LogP contribution >= 0.6 is 0 Å². The van der Waals surface area contributed by atoms with E-state index in [9.17, 15) is 19.1 Å². The van der Waals surface area contributed by atoms with Crippen molar-refractivity contribution in [1.82, 2.24) is 5.32 Å². The van der Waals surface area contributed by atoms with Crippen molar-refractivity contribution in [3.63, 3.8) is 0 Å². The number of ether oxygens (including phenoxy) is 1. The zero-order valence-corrected chi connectivity index (χ0v) is 14.2. The van der Waals surface area contributed by atoms with Crippen LogP contribution in [0.5, 0.6) is 0 Å².